The molecule has 4 nitrogen and oxygen atoms in total. The van der Waals surface area contributed by atoms with Crippen molar-refractivity contribution in [1.29, 1.82) is 0 Å². The maximum atomic E-state index is 12.5. The van der Waals surface area contributed by atoms with Gasteiger partial charge in [-0.2, -0.15) is 0 Å². The first-order valence-electron chi connectivity index (χ1n) is 6.75. The normalized spacial score (nSPS) is 27.0. The molecule has 1 aromatic heterocycles. The Morgan fingerprint density at radius 2 is 2.06 bits per heavy atom. The van der Waals surface area contributed by atoms with Gasteiger partial charge in [-0.25, -0.2) is 0 Å². The molecule has 2 bridgehead atoms. The minimum atomic E-state index is 0.275. The molecule has 0 saturated carbocycles. The van der Waals surface area contributed by atoms with E-state index in [9.17, 15) is 4.79 Å². The molecule has 1 N–H and O–H groups in total. The highest BCUT2D eigenvalue weighted by atomic mass is 16.2. The van der Waals surface area contributed by atoms with Crippen molar-refractivity contribution in [3.8, 4) is 0 Å². The fraction of sp³-hybridized carbons (Fsp3) is 0.571. The van der Waals surface area contributed by atoms with Gasteiger partial charge in [-0.3, -0.25) is 9.78 Å². The van der Waals surface area contributed by atoms with Crippen molar-refractivity contribution in [2.45, 2.75) is 37.8 Å². The molecule has 0 aliphatic carbocycles. The number of pyridine rings is 1. The topological polar surface area (TPSA) is 45.2 Å². The van der Waals surface area contributed by atoms with Crippen LogP contribution in [-0.4, -0.2) is 41.0 Å². The fourth-order valence-electron chi connectivity index (χ4n) is 3.16. The number of hydrogen-bond acceptors (Lipinski definition) is 3. The molecule has 18 heavy (non-hydrogen) atoms. The first-order valence-corrected chi connectivity index (χ1v) is 6.75. The van der Waals surface area contributed by atoms with E-state index in [1.807, 2.05) is 12.1 Å². The van der Waals surface area contributed by atoms with Crippen LogP contribution in [0.3, 0.4) is 0 Å². The molecule has 0 unspecified atom stereocenters. The van der Waals surface area contributed by atoms with Crippen LogP contribution >= 0.6 is 0 Å². The lowest BCUT2D eigenvalue weighted by atomic mass is 10.1. The van der Waals surface area contributed by atoms with E-state index in [0.717, 1.165) is 31.5 Å². The molecular formula is C14H19N3O. The number of carbonyl (C=O) groups excluding carboxylic acids is 1. The van der Waals surface area contributed by atoms with Gasteiger partial charge in [0.2, 0.25) is 5.91 Å². The molecule has 0 aromatic carbocycles. The molecule has 0 radical (unpaired) electrons. The summed E-state index contributed by atoms with van der Waals surface area (Å²) in [6, 6.07) is 4.72. The Kier molecular flexibility index (Phi) is 3.28. The Labute approximate surface area is 107 Å². The van der Waals surface area contributed by atoms with Crippen LogP contribution < -0.4 is 5.32 Å². The van der Waals surface area contributed by atoms with Gasteiger partial charge in [-0.15, -0.1) is 0 Å². The highest BCUT2D eigenvalue weighted by molar-refractivity contribution is 5.79. The third-order valence-electron chi connectivity index (χ3n) is 4.05. The SMILES string of the molecule is O=C(Cc1ccncc1)N1[C@H]2CCNC[C@@H]1CC2. The highest BCUT2D eigenvalue weighted by Crippen LogP contribution is 2.28. The summed E-state index contributed by atoms with van der Waals surface area (Å²) in [4.78, 5) is 18.6. The van der Waals surface area contributed by atoms with Crippen molar-refractivity contribution in [1.82, 2.24) is 15.2 Å². The number of amides is 1. The van der Waals surface area contributed by atoms with Crippen molar-refractivity contribution >= 4 is 5.91 Å². The average molecular weight is 245 g/mol. The maximum Gasteiger partial charge on any atom is 0.227 e. The summed E-state index contributed by atoms with van der Waals surface area (Å²) in [5, 5.41) is 3.42. The smallest absolute Gasteiger partial charge is 0.227 e. The van der Waals surface area contributed by atoms with Gasteiger partial charge in [-0.1, -0.05) is 0 Å². The van der Waals surface area contributed by atoms with Crippen LogP contribution in [0.4, 0.5) is 0 Å². The standard InChI is InChI=1S/C14H19N3O/c18-14(9-11-3-6-15-7-4-11)17-12-1-2-13(17)10-16-8-5-12/h3-4,6-7,12-13,16H,1-2,5,8-10H2/t12-,13+/m1/s1. The maximum absolute atomic E-state index is 12.5. The Morgan fingerprint density at radius 1 is 1.28 bits per heavy atom. The molecule has 2 saturated heterocycles. The van der Waals surface area contributed by atoms with E-state index in [1.54, 1.807) is 12.4 Å². The highest BCUT2D eigenvalue weighted by Gasteiger charge is 2.37. The van der Waals surface area contributed by atoms with E-state index in [0.29, 0.717) is 18.5 Å². The van der Waals surface area contributed by atoms with Crippen LogP contribution in [0.25, 0.3) is 0 Å². The summed E-state index contributed by atoms with van der Waals surface area (Å²) in [5.41, 5.74) is 1.06. The van der Waals surface area contributed by atoms with Crippen LogP contribution in [0.2, 0.25) is 0 Å². The Morgan fingerprint density at radius 3 is 2.89 bits per heavy atom. The largest absolute Gasteiger partial charge is 0.335 e. The van der Waals surface area contributed by atoms with Crippen LogP contribution in [-0.2, 0) is 11.2 Å². The van der Waals surface area contributed by atoms with Crippen LogP contribution in [0.15, 0.2) is 24.5 Å². The molecule has 2 atom stereocenters. The average Bonchev–Trinajstić information content (AvgIpc) is 2.64. The molecule has 3 rings (SSSR count). The second-order valence-corrected chi connectivity index (χ2v) is 5.21. The zero-order valence-corrected chi connectivity index (χ0v) is 10.5. The van der Waals surface area contributed by atoms with E-state index in [-0.39, 0.29) is 5.91 Å². The Hall–Kier alpha value is -1.42. The molecule has 4 heteroatoms. The Balaban J connectivity index is 1.72. The predicted octanol–water partition coefficient (Wildman–Crippen LogP) is 0.977. The summed E-state index contributed by atoms with van der Waals surface area (Å²) in [6.07, 6.45) is 7.44. The van der Waals surface area contributed by atoms with Crippen molar-refractivity contribution in [3.63, 3.8) is 0 Å². The lowest BCUT2D eigenvalue weighted by Gasteiger charge is -2.28. The van der Waals surface area contributed by atoms with Crippen LogP contribution in [0.1, 0.15) is 24.8 Å². The molecular weight excluding hydrogens is 226 g/mol. The zero-order chi connectivity index (χ0) is 12.4. The number of nitrogens with one attached hydrogen (secondary N) is 1. The number of aromatic nitrogens is 1. The van der Waals surface area contributed by atoms with Gasteiger partial charge in [-0.05, 0) is 43.5 Å². The van der Waals surface area contributed by atoms with Gasteiger partial charge >= 0.3 is 0 Å². The zero-order valence-electron chi connectivity index (χ0n) is 10.5. The van der Waals surface area contributed by atoms with Crippen molar-refractivity contribution in [3.05, 3.63) is 30.1 Å². The number of fused-ring (bicyclic) bond motifs is 2. The molecule has 1 aromatic rings. The third kappa shape index (κ3) is 2.25. The minimum Gasteiger partial charge on any atom is -0.335 e. The molecule has 2 aliphatic rings. The van der Waals surface area contributed by atoms with E-state index in [2.05, 4.69) is 15.2 Å². The van der Waals surface area contributed by atoms with E-state index in [4.69, 9.17) is 0 Å². The number of hydrogen-bond donors (Lipinski definition) is 1. The molecule has 96 valence electrons. The lowest BCUT2D eigenvalue weighted by molar-refractivity contribution is -0.133. The third-order valence-corrected chi connectivity index (χ3v) is 4.05. The van der Waals surface area contributed by atoms with Crippen molar-refractivity contribution in [2.24, 2.45) is 0 Å². The van der Waals surface area contributed by atoms with Gasteiger partial charge in [0.05, 0.1) is 6.42 Å². The molecule has 2 fully saturated rings. The predicted molar refractivity (Wildman–Crippen MR) is 69.1 cm³/mol. The van der Waals surface area contributed by atoms with Gasteiger partial charge < -0.3 is 10.2 Å². The monoisotopic (exact) mass is 245 g/mol. The second-order valence-electron chi connectivity index (χ2n) is 5.21. The van der Waals surface area contributed by atoms with Gasteiger partial charge in [0, 0.05) is 31.0 Å². The first kappa shape index (κ1) is 11.7. The summed E-state index contributed by atoms with van der Waals surface area (Å²) in [5.74, 6) is 0.275. The summed E-state index contributed by atoms with van der Waals surface area (Å²) >= 11 is 0. The summed E-state index contributed by atoms with van der Waals surface area (Å²) in [7, 11) is 0. The van der Waals surface area contributed by atoms with Gasteiger partial charge in [0.1, 0.15) is 0 Å². The molecule has 1 amide bonds. The molecule has 2 aliphatic heterocycles. The number of carbonyl (C=O) groups is 1. The summed E-state index contributed by atoms with van der Waals surface area (Å²) in [6.45, 7) is 2.00. The van der Waals surface area contributed by atoms with E-state index in [1.165, 1.54) is 6.42 Å². The van der Waals surface area contributed by atoms with Crippen molar-refractivity contribution in [2.75, 3.05) is 13.1 Å². The minimum absolute atomic E-state index is 0.275. The fourth-order valence-corrected chi connectivity index (χ4v) is 3.16. The van der Waals surface area contributed by atoms with Crippen LogP contribution in [0.5, 0.6) is 0 Å². The van der Waals surface area contributed by atoms with Crippen molar-refractivity contribution < 1.29 is 4.79 Å². The quantitative estimate of drug-likeness (QED) is 0.844. The first-order chi connectivity index (χ1) is 8.84. The van der Waals surface area contributed by atoms with Gasteiger partial charge in [0.25, 0.3) is 0 Å². The molecule has 0 spiro atoms. The lowest BCUT2D eigenvalue weighted by Crippen LogP contribution is -2.43. The second kappa shape index (κ2) is 5.06. The van der Waals surface area contributed by atoms with E-state index >= 15 is 0 Å². The number of nitrogens with zero attached hydrogens (tertiary/aromatic N) is 2. The van der Waals surface area contributed by atoms with Gasteiger partial charge in [0.15, 0.2) is 0 Å². The number of rotatable bonds is 2. The molecule has 3 heterocycles. The van der Waals surface area contributed by atoms with E-state index < -0.39 is 0 Å². The summed E-state index contributed by atoms with van der Waals surface area (Å²) < 4.78 is 0. The van der Waals surface area contributed by atoms with Crippen LogP contribution in [0, 0.1) is 0 Å². The Bertz CT molecular complexity index is 406.